The molecule has 19 heavy (non-hydrogen) atoms. The molecule has 2 atom stereocenters. The number of amides is 2. The molecule has 0 aromatic carbocycles. The maximum Gasteiger partial charge on any atom is 0.245 e. The van der Waals surface area contributed by atoms with Gasteiger partial charge >= 0.3 is 0 Å². The van der Waals surface area contributed by atoms with Crippen molar-refractivity contribution in [1.82, 2.24) is 15.5 Å². The van der Waals surface area contributed by atoms with Crippen LogP contribution in [-0.4, -0.2) is 48.9 Å². The molecule has 1 heterocycles. The lowest BCUT2D eigenvalue weighted by atomic mass is 9.85. The number of nitrogens with zero attached hydrogens (tertiary/aromatic N) is 1. The Morgan fingerprint density at radius 1 is 1.37 bits per heavy atom. The van der Waals surface area contributed by atoms with Crippen molar-refractivity contribution in [3.63, 3.8) is 0 Å². The molecular formula is C14H27N3O2. The smallest absolute Gasteiger partial charge is 0.245 e. The number of likely N-dealkylation sites (N-methyl/N-ethyl adjacent to an activating group) is 1. The van der Waals surface area contributed by atoms with Crippen molar-refractivity contribution < 1.29 is 9.59 Å². The van der Waals surface area contributed by atoms with Crippen LogP contribution in [0.5, 0.6) is 0 Å². The fraction of sp³-hybridized carbons (Fsp3) is 0.857. The van der Waals surface area contributed by atoms with Gasteiger partial charge in [-0.3, -0.25) is 9.59 Å². The van der Waals surface area contributed by atoms with E-state index in [1.165, 1.54) is 0 Å². The highest BCUT2D eigenvalue weighted by molar-refractivity contribution is 5.89. The molecule has 5 nitrogen and oxygen atoms in total. The fourth-order valence-corrected chi connectivity index (χ4v) is 2.45. The first kappa shape index (κ1) is 16.0. The van der Waals surface area contributed by atoms with Crippen molar-refractivity contribution in [1.29, 1.82) is 0 Å². The second-order valence-electron chi connectivity index (χ2n) is 6.42. The van der Waals surface area contributed by atoms with E-state index in [-0.39, 0.29) is 29.8 Å². The van der Waals surface area contributed by atoms with E-state index >= 15 is 0 Å². The van der Waals surface area contributed by atoms with Crippen LogP contribution in [-0.2, 0) is 9.59 Å². The fourth-order valence-electron chi connectivity index (χ4n) is 2.45. The molecule has 0 aromatic heterocycles. The van der Waals surface area contributed by atoms with Gasteiger partial charge in [0.05, 0.1) is 6.54 Å². The third-order valence-electron chi connectivity index (χ3n) is 3.59. The lowest BCUT2D eigenvalue weighted by Crippen LogP contribution is -2.56. The lowest BCUT2D eigenvalue weighted by Gasteiger charge is -2.35. The van der Waals surface area contributed by atoms with E-state index in [9.17, 15) is 9.59 Å². The van der Waals surface area contributed by atoms with Crippen molar-refractivity contribution in [2.45, 2.75) is 52.6 Å². The van der Waals surface area contributed by atoms with E-state index in [4.69, 9.17) is 0 Å². The van der Waals surface area contributed by atoms with Gasteiger partial charge in [0, 0.05) is 12.6 Å². The van der Waals surface area contributed by atoms with Gasteiger partial charge in [0.15, 0.2) is 0 Å². The van der Waals surface area contributed by atoms with Gasteiger partial charge in [0.1, 0.15) is 6.04 Å². The number of carbonyl (C=O) groups excluding carboxylic acids is 2. The van der Waals surface area contributed by atoms with Gasteiger partial charge in [0.25, 0.3) is 0 Å². The summed E-state index contributed by atoms with van der Waals surface area (Å²) < 4.78 is 0. The van der Waals surface area contributed by atoms with E-state index < -0.39 is 6.04 Å². The maximum absolute atomic E-state index is 12.6. The van der Waals surface area contributed by atoms with E-state index in [0.29, 0.717) is 0 Å². The number of hydrogen-bond acceptors (Lipinski definition) is 3. The summed E-state index contributed by atoms with van der Waals surface area (Å²) in [6, 6.07) is -0.188. The van der Waals surface area contributed by atoms with Gasteiger partial charge in [-0.15, -0.1) is 0 Å². The van der Waals surface area contributed by atoms with Crippen molar-refractivity contribution in [2.24, 2.45) is 5.41 Å². The van der Waals surface area contributed by atoms with Crippen LogP contribution in [0.25, 0.3) is 0 Å². The zero-order valence-corrected chi connectivity index (χ0v) is 12.7. The lowest BCUT2D eigenvalue weighted by molar-refractivity contribution is -0.139. The van der Waals surface area contributed by atoms with Gasteiger partial charge in [-0.1, -0.05) is 20.8 Å². The molecule has 110 valence electrons. The summed E-state index contributed by atoms with van der Waals surface area (Å²) in [6.45, 7) is 9.05. The highest BCUT2D eigenvalue weighted by Crippen LogP contribution is 2.25. The molecule has 0 aromatic rings. The Hall–Kier alpha value is -1.10. The second-order valence-corrected chi connectivity index (χ2v) is 6.42. The zero-order chi connectivity index (χ0) is 14.6. The summed E-state index contributed by atoms with van der Waals surface area (Å²) in [4.78, 5) is 26.3. The van der Waals surface area contributed by atoms with Crippen molar-refractivity contribution in [2.75, 3.05) is 20.1 Å². The Labute approximate surface area is 116 Å². The average molecular weight is 269 g/mol. The van der Waals surface area contributed by atoms with E-state index in [1.54, 1.807) is 7.05 Å². The van der Waals surface area contributed by atoms with Gasteiger partial charge in [-0.05, 0) is 32.2 Å². The van der Waals surface area contributed by atoms with Gasteiger partial charge < -0.3 is 15.5 Å². The zero-order valence-electron chi connectivity index (χ0n) is 12.7. The summed E-state index contributed by atoms with van der Waals surface area (Å²) in [6.07, 6.45) is 2.10. The van der Waals surface area contributed by atoms with Crippen LogP contribution >= 0.6 is 0 Å². The van der Waals surface area contributed by atoms with Crippen LogP contribution in [0.1, 0.15) is 40.5 Å². The van der Waals surface area contributed by atoms with Crippen LogP contribution in [0, 0.1) is 5.41 Å². The van der Waals surface area contributed by atoms with E-state index in [1.807, 2.05) is 25.7 Å². The Bertz CT molecular complexity index is 336. The Morgan fingerprint density at radius 3 is 2.42 bits per heavy atom. The largest absolute Gasteiger partial charge is 0.343 e. The molecule has 0 unspecified atom stereocenters. The minimum absolute atomic E-state index is 0.0435. The molecule has 0 saturated carbocycles. The summed E-state index contributed by atoms with van der Waals surface area (Å²) in [5.74, 6) is -0.0930. The molecular weight excluding hydrogens is 242 g/mol. The number of likely N-dealkylation sites (tertiary alicyclic amines) is 1. The molecule has 2 N–H and O–H groups in total. The normalized spacial score (nSPS) is 21.3. The van der Waals surface area contributed by atoms with E-state index in [0.717, 1.165) is 19.4 Å². The molecule has 1 rings (SSSR count). The molecule has 1 aliphatic heterocycles. The van der Waals surface area contributed by atoms with Crippen LogP contribution in [0.3, 0.4) is 0 Å². The third-order valence-corrected chi connectivity index (χ3v) is 3.59. The minimum atomic E-state index is -0.464. The van der Waals surface area contributed by atoms with Gasteiger partial charge in [-0.2, -0.15) is 0 Å². The molecule has 1 fully saturated rings. The van der Waals surface area contributed by atoms with Crippen LogP contribution in [0.4, 0.5) is 0 Å². The first-order chi connectivity index (χ1) is 8.77. The van der Waals surface area contributed by atoms with Crippen molar-refractivity contribution >= 4 is 11.8 Å². The Kier molecular flexibility index (Phi) is 5.35. The predicted octanol–water partition coefficient (Wildman–Crippen LogP) is 0.748. The summed E-state index contributed by atoms with van der Waals surface area (Å²) in [7, 11) is 1.72. The molecule has 0 bridgehead atoms. The summed E-state index contributed by atoms with van der Waals surface area (Å²) >= 11 is 0. The molecule has 1 saturated heterocycles. The third kappa shape index (κ3) is 4.20. The number of rotatable bonds is 4. The number of hydrogen-bond donors (Lipinski definition) is 2. The molecule has 5 heteroatoms. The Morgan fingerprint density at radius 2 is 2.00 bits per heavy atom. The maximum atomic E-state index is 12.6. The number of carbonyl (C=O) groups is 2. The highest BCUT2D eigenvalue weighted by Gasteiger charge is 2.38. The summed E-state index contributed by atoms with van der Waals surface area (Å²) in [5.41, 5.74) is -0.289. The van der Waals surface area contributed by atoms with Crippen LogP contribution in [0.15, 0.2) is 0 Å². The van der Waals surface area contributed by atoms with Gasteiger partial charge in [0.2, 0.25) is 11.8 Å². The molecule has 0 radical (unpaired) electrons. The minimum Gasteiger partial charge on any atom is -0.343 e. The van der Waals surface area contributed by atoms with E-state index in [2.05, 4.69) is 17.6 Å². The summed E-state index contributed by atoms with van der Waals surface area (Å²) in [5, 5.41) is 5.67. The topological polar surface area (TPSA) is 61.4 Å². The molecule has 0 spiro atoms. The Balaban J connectivity index is 2.79. The number of nitrogens with one attached hydrogen (secondary N) is 2. The van der Waals surface area contributed by atoms with Crippen LogP contribution < -0.4 is 10.6 Å². The van der Waals surface area contributed by atoms with Crippen molar-refractivity contribution in [3.8, 4) is 0 Å². The monoisotopic (exact) mass is 269 g/mol. The first-order valence-electron chi connectivity index (χ1n) is 7.02. The standard InChI is InChI=1S/C14H27N3O2/c1-10-7-6-8-17(10)13(19)12(14(2,3)4)16-11(18)9-15-5/h10,12,15H,6-9H2,1-5H3,(H,16,18)/t10-,12-/m1/s1. The predicted molar refractivity (Wildman–Crippen MR) is 75.7 cm³/mol. The highest BCUT2D eigenvalue weighted by atomic mass is 16.2. The van der Waals surface area contributed by atoms with Gasteiger partial charge in [-0.25, -0.2) is 0 Å². The SMILES string of the molecule is CNCC(=O)N[C@H](C(=O)N1CCC[C@H]1C)C(C)(C)C. The molecule has 1 aliphatic rings. The van der Waals surface area contributed by atoms with Crippen molar-refractivity contribution in [3.05, 3.63) is 0 Å². The van der Waals surface area contributed by atoms with Crippen LogP contribution in [0.2, 0.25) is 0 Å². The second kappa shape index (κ2) is 6.37. The first-order valence-corrected chi connectivity index (χ1v) is 7.02. The quantitative estimate of drug-likeness (QED) is 0.791. The molecule has 0 aliphatic carbocycles. The molecule has 2 amide bonds. The average Bonchev–Trinajstić information content (AvgIpc) is 2.70.